The predicted octanol–water partition coefficient (Wildman–Crippen LogP) is 3.81. The monoisotopic (exact) mass is 291 g/mol. The molecule has 0 amide bonds. The first kappa shape index (κ1) is 12.7. The van der Waals surface area contributed by atoms with E-state index in [0.29, 0.717) is 10.9 Å². The summed E-state index contributed by atoms with van der Waals surface area (Å²) in [4.78, 5) is 2.55. The van der Waals surface area contributed by atoms with Gasteiger partial charge in [-0.05, 0) is 24.1 Å². The summed E-state index contributed by atoms with van der Waals surface area (Å²) < 4.78 is 31.5. The fourth-order valence-electron chi connectivity index (χ4n) is 1.000. The minimum atomic E-state index is -1.02. The van der Waals surface area contributed by atoms with Gasteiger partial charge in [-0.25, -0.2) is 4.39 Å². The molecule has 0 bridgehead atoms. The van der Waals surface area contributed by atoms with Crippen LogP contribution in [0.4, 0.5) is 8.78 Å². The molecule has 0 N–H and O–H groups in total. The van der Waals surface area contributed by atoms with Crippen molar-refractivity contribution >= 4 is 15.9 Å². The first-order chi connectivity index (χ1) is 7.65. The lowest BCUT2D eigenvalue weighted by Crippen LogP contribution is -2.01. The highest BCUT2D eigenvalue weighted by molar-refractivity contribution is 9.10. The lowest BCUT2D eigenvalue weighted by Gasteiger charge is -2.07. The molecule has 7 heteroatoms. The molecule has 0 aliphatic heterocycles. The van der Waals surface area contributed by atoms with Crippen LogP contribution in [0.1, 0.15) is 6.42 Å². The van der Waals surface area contributed by atoms with Crippen LogP contribution in [-0.2, 0) is 0 Å². The van der Waals surface area contributed by atoms with Crippen LogP contribution < -0.4 is 4.74 Å². The molecule has 0 aromatic heterocycles. The SMILES string of the molecule is [N-]=[N+]=NCCCOc1cc(Br)cc(F)c1F. The zero-order valence-corrected chi connectivity index (χ0v) is 9.75. The topological polar surface area (TPSA) is 58.0 Å². The van der Waals surface area contributed by atoms with Crippen molar-refractivity contribution in [2.75, 3.05) is 13.2 Å². The highest BCUT2D eigenvalue weighted by Gasteiger charge is 2.10. The van der Waals surface area contributed by atoms with E-state index in [1.165, 1.54) is 6.07 Å². The van der Waals surface area contributed by atoms with Gasteiger partial charge < -0.3 is 4.74 Å². The number of azide groups is 1. The van der Waals surface area contributed by atoms with Crippen LogP contribution in [0.2, 0.25) is 0 Å². The minimum absolute atomic E-state index is 0.159. The fraction of sp³-hybridized carbons (Fsp3) is 0.333. The maximum Gasteiger partial charge on any atom is 0.200 e. The van der Waals surface area contributed by atoms with Crippen LogP contribution in [-0.4, -0.2) is 13.2 Å². The number of benzene rings is 1. The molecule has 1 aromatic rings. The smallest absolute Gasteiger partial charge is 0.200 e. The Morgan fingerprint density at radius 3 is 2.88 bits per heavy atom. The van der Waals surface area contributed by atoms with Crippen LogP contribution in [0.3, 0.4) is 0 Å². The second-order valence-electron chi connectivity index (χ2n) is 2.86. The molecule has 0 atom stereocenters. The van der Waals surface area contributed by atoms with Gasteiger partial charge in [0.15, 0.2) is 11.6 Å². The Labute approximate surface area is 99.0 Å². The summed E-state index contributed by atoms with van der Waals surface area (Å²) >= 11 is 3.03. The third-order valence-corrected chi connectivity index (χ3v) is 2.14. The molecule has 4 nitrogen and oxygen atoms in total. The molecule has 0 heterocycles. The van der Waals surface area contributed by atoms with Crippen molar-refractivity contribution in [3.63, 3.8) is 0 Å². The number of hydrogen-bond donors (Lipinski definition) is 0. The first-order valence-corrected chi connectivity index (χ1v) is 5.22. The van der Waals surface area contributed by atoms with Crippen molar-refractivity contribution < 1.29 is 13.5 Å². The average molecular weight is 292 g/mol. The van der Waals surface area contributed by atoms with E-state index in [1.54, 1.807) is 0 Å². The number of nitrogens with zero attached hydrogens (tertiary/aromatic N) is 3. The summed E-state index contributed by atoms with van der Waals surface area (Å²) in [5.41, 5.74) is 8.00. The third kappa shape index (κ3) is 3.67. The molecule has 1 aromatic carbocycles. The van der Waals surface area contributed by atoms with Crippen molar-refractivity contribution in [2.45, 2.75) is 6.42 Å². The van der Waals surface area contributed by atoms with Gasteiger partial charge in [0, 0.05) is 15.9 Å². The molecule has 0 aliphatic rings. The van der Waals surface area contributed by atoms with E-state index in [4.69, 9.17) is 10.3 Å². The summed E-state index contributed by atoms with van der Waals surface area (Å²) in [7, 11) is 0. The Balaban J connectivity index is 2.56. The van der Waals surface area contributed by atoms with Crippen molar-refractivity contribution in [3.05, 3.63) is 38.7 Å². The van der Waals surface area contributed by atoms with Gasteiger partial charge in [-0.15, -0.1) is 0 Å². The van der Waals surface area contributed by atoms with Crippen molar-refractivity contribution in [2.24, 2.45) is 5.11 Å². The van der Waals surface area contributed by atoms with E-state index in [9.17, 15) is 8.78 Å². The molecule has 0 saturated carbocycles. The molecule has 0 spiro atoms. The largest absolute Gasteiger partial charge is 0.490 e. The first-order valence-electron chi connectivity index (χ1n) is 4.43. The molecule has 0 saturated heterocycles. The normalized spacial score (nSPS) is 9.69. The summed E-state index contributed by atoms with van der Waals surface area (Å²) in [6, 6.07) is 2.36. The molecular weight excluding hydrogens is 284 g/mol. The molecule has 0 unspecified atom stereocenters. The zero-order chi connectivity index (χ0) is 12.0. The summed E-state index contributed by atoms with van der Waals surface area (Å²) in [6.07, 6.45) is 0.442. The van der Waals surface area contributed by atoms with Gasteiger partial charge in [0.2, 0.25) is 5.82 Å². The second kappa shape index (κ2) is 6.30. The van der Waals surface area contributed by atoms with Crippen molar-refractivity contribution in [1.29, 1.82) is 0 Å². The van der Waals surface area contributed by atoms with Crippen LogP contribution >= 0.6 is 15.9 Å². The van der Waals surface area contributed by atoms with Gasteiger partial charge in [-0.3, -0.25) is 0 Å². The van der Waals surface area contributed by atoms with Crippen LogP contribution in [0.25, 0.3) is 10.4 Å². The minimum Gasteiger partial charge on any atom is -0.490 e. The number of rotatable bonds is 5. The van der Waals surface area contributed by atoms with E-state index in [0.717, 1.165) is 6.07 Å². The Hall–Kier alpha value is -1.33. The third-order valence-electron chi connectivity index (χ3n) is 1.68. The molecule has 86 valence electrons. The van der Waals surface area contributed by atoms with Gasteiger partial charge in [0.05, 0.1) is 6.61 Å². The van der Waals surface area contributed by atoms with E-state index < -0.39 is 11.6 Å². The predicted molar refractivity (Wildman–Crippen MR) is 58.2 cm³/mol. The maximum absolute atomic E-state index is 13.2. The standard InChI is InChI=1S/C9H8BrF2N3O/c10-6-4-7(11)9(12)8(5-6)16-3-1-2-14-15-13/h4-5H,1-3H2. The fourth-order valence-corrected chi connectivity index (χ4v) is 1.41. The summed E-state index contributed by atoms with van der Waals surface area (Å²) in [5, 5.41) is 3.28. The molecule has 0 fully saturated rings. The zero-order valence-electron chi connectivity index (χ0n) is 8.16. The highest BCUT2D eigenvalue weighted by atomic mass is 79.9. The second-order valence-corrected chi connectivity index (χ2v) is 3.77. The van der Waals surface area contributed by atoms with Gasteiger partial charge >= 0.3 is 0 Å². The van der Waals surface area contributed by atoms with Gasteiger partial charge in [0.1, 0.15) is 0 Å². The van der Waals surface area contributed by atoms with E-state index in [1.807, 2.05) is 0 Å². The Kier molecular flexibility index (Phi) is 5.01. The molecular formula is C9H8BrF2N3O. The average Bonchev–Trinajstić information content (AvgIpc) is 2.24. The maximum atomic E-state index is 13.2. The molecule has 0 radical (unpaired) electrons. The Morgan fingerprint density at radius 1 is 1.44 bits per heavy atom. The Morgan fingerprint density at radius 2 is 2.19 bits per heavy atom. The lowest BCUT2D eigenvalue weighted by molar-refractivity contribution is 0.291. The quantitative estimate of drug-likeness (QED) is 0.268. The molecule has 1 rings (SSSR count). The van der Waals surface area contributed by atoms with Crippen LogP contribution in [0.15, 0.2) is 21.7 Å². The summed E-state index contributed by atoms with van der Waals surface area (Å²) in [5.74, 6) is -2.15. The van der Waals surface area contributed by atoms with Crippen LogP contribution in [0.5, 0.6) is 5.75 Å². The van der Waals surface area contributed by atoms with Gasteiger partial charge in [-0.2, -0.15) is 4.39 Å². The van der Waals surface area contributed by atoms with E-state index >= 15 is 0 Å². The highest BCUT2D eigenvalue weighted by Crippen LogP contribution is 2.25. The van der Waals surface area contributed by atoms with Crippen molar-refractivity contribution in [1.82, 2.24) is 0 Å². The number of halogens is 3. The van der Waals surface area contributed by atoms with Crippen LogP contribution in [0, 0.1) is 11.6 Å². The Bertz CT molecular complexity index is 421. The van der Waals surface area contributed by atoms with E-state index in [-0.39, 0.29) is 18.9 Å². The molecule has 16 heavy (non-hydrogen) atoms. The number of ether oxygens (including phenoxy) is 1. The molecule has 0 aliphatic carbocycles. The van der Waals surface area contributed by atoms with Gasteiger partial charge in [-0.1, -0.05) is 21.0 Å². The lowest BCUT2D eigenvalue weighted by atomic mass is 10.3. The van der Waals surface area contributed by atoms with Gasteiger partial charge in [0.25, 0.3) is 0 Å². The van der Waals surface area contributed by atoms with Crippen molar-refractivity contribution in [3.8, 4) is 5.75 Å². The van der Waals surface area contributed by atoms with E-state index in [2.05, 4.69) is 26.0 Å². The summed E-state index contributed by atoms with van der Waals surface area (Å²) in [6.45, 7) is 0.417. The number of hydrogen-bond acceptors (Lipinski definition) is 2.